The van der Waals surface area contributed by atoms with E-state index in [9.17, 15) is 9.59 Å². The molecule has 0 aliphatic rings. The van der Waals surface area contributed by atoms with Gasteiger partial charge in [-0.2, -0.15) is 0 Å². The Morgan fingerprint density at radius 3 is 2.47 bits per heavy atom. The molecule has 0 aromatic heterocycles. The average molecular weight is 512 g/mol. The summed E-state index contributed by atoms with van der Waals surface area (Å²) in [7, 11) is 0. The lowest BCUT2D eigenvalue weighted by Crippen LogP contribution is -2.50. The summed E-state index contributed by atoms with van der Waals surface area (Å²) >= 11 is 10.9. The van der Waals surface area contributed by atoms with E-state index in [2.05, 4.69) is 21.2 Å². The molecule has 2 amide bonds. The van der Waals surface area contributed by atoms with Gasteiger partial charge in [0.15, 0.2) is 0 Å². The molecular weight excluding hydrogens is 484 g/mol. The first-order chi connectivity index (χ1) is 14.3. The van der Waals surface area contributed by atoms with E-state index < -0.39 is 6.04 Å². The van der Waals surface area contributed by atoms with Gasteiger partial charge in [0.05, 0.1) is 5.75 Å². The number of rotatable bonds is 10. The van der Waals surface area contributed by atoms with Gasteiger partial charge in [0, 0.05) is 27.8 Å². The van der Waals surface area contributed by atoms with Crippen molar-refractivity contribution in [2.24, 2.45) is 0 Å². The Labute approximate surface area is 196 Å². The van der Waals surface area contributed by atoms with Gasteiger partial charge in [0.1, 0.15) is 6.04 Å². The molecule has 0 fully saturated rings. The molecule has 7 heteroatoms. The Balaban J connectivity index is 2.07. The Kier molecular flexibility index (Phi) is 10.2. The summed E-state index contributed by atoms with van der Waals surface area (Å²) in [5.74, 6) is 0.828. The maximum atomic E-state index is 13.1. The molecule has 2 atom stereocenters. The van der Waals surface area contributed by atoms with Crippen LogP contribution in [0.25, 0.3) is 0 Å². The zero-order chi connectivity index (χ0) is 22.1. The molecule has 0 radical (unpaired) electrons. The molecule has 2 aromatic rings. The number of amides is 2. The zero-order valence-corrected chi connectivity index (χ0v) is 20.7. The molecule has 0 aliphatic heterocycles. The second kappa shape index (κ2) is 12.4. The normalized spacial score (nSPS) is 12.8. The van der Waals surface area contributed by atoms with Gasteiger partial charge in [0.2, 0.25) is 11.8 Å². The number of nitrogens with zero attached hydrogens (tertiary/aromatic N) is 1. The van der Waals surface area contributed by atoms with Crippen molar-refractivity contribution in [3.05, 3.63) is 69.2 Å². The van der Waals surface area contributed by atoms with Crippen LogP contribution in [-0.4, -0.2) is 34.6 Å². The number of nitrogens with one attached hydrogen (secondary N) is 1. The van der Waals surface area contributed by atoms with Crippen molar-refractivity contribution in [2.45, 2.75) is 51.6 Å². The molecule has 162 valence electrons. The van der Waals surface area contributed by atoms with Crippen LogP contribution < -0.4 is 5.32 Å². The molecular formula is C23H28BrClN2O2S. The van der Waals surface area contributed by atoms with E-state index in [1.807, 2.05) is 62.4 Å². The number of hydrogen-bond acceptors (Lipinski definition) is 3. The van der Waals surface area contributed by atoms with E-state index in [1.165, 1.54) is 11.8 Å². The monoisotopic (exact) mass is 510 g/mol. The van der Waals surface area contributed by atoms with Gasteiger partial charge in [-0.15, -0.1) is 11.8 Å². The number of thioether (sulfide) groups is 1. The van der Waals surface area contributed by atoms with Crippen molar-refractivity contribution in [1.29, 1.82) is 0 Å². The van der Waals surface area contributed by atoms with Crippen molar-refractivity contribution >= 4 is 51.1 Å². The van der Waals surface area contributed by atoms with Crippen LogP contribution in [0.5, 0.6) is 0 Å². The standard InChI is InChI=1S/C23H28BrClN2O2S/c1-4-16(2)26-23(29)17(3)27(13-19-6-5-7-20(24)12-19)22(28)15-30-14-18-8-10-21(25)11-9-18/h5-12,16-17H,4,13-15H2,1-3H3,(H,26,29)/t16-,17-/m0/s1. The van der Waals surface area contributed by atoms with E-state index in [1.54, 1.807) is 11.8 Å². The summed E-state index contributed by atoms with van der Waals surface area (Å²) in [5.41, 5.74) is 2.09. The Morgan fingerprint density at radius 2 is 1.83 bits per heavy atom. The smallest absolute Gasteiger partial charge is 0.242 e. The van der Waals surface area contributed by atoms with Crippen LogP contribution >= 0.6 is 39.3 Å². The van der Waals surface area contributed by atoms with Gasteiger partial charge in [-0.25, -0.2) is 0 Å². The molecule has 0 unspecified atom stereocenters. The first-order valence-electron chi connectivity index (χ1n) is 9.96. The summed E-state index contributed by atoms with van der Waals surface area (Å²) in [6.45, 7) is 6.16. The van der Waals surface area contributed by atoms with Crippen LogP contribution in [-0.2, 0) is 21.9 Å². The van der Waals surface area contributed by atoms with Crippen molar-refractivity contribution in [2.75, 3.05) is 5.75 Å². The summed E-state index contributed by atoms with van der Waals surface area (Å²) in [5, 5.41) is 3.68. The number of hydrogen-bond donors (Lipinski definition) is 1. The molecule has 0 saturated heterocycles. The van der Waals surface area contributed by atoms with Crippen LogP contribution in [0, 0.1) is 0 Å². The Hall–Kier alpha value is -1.50. The third-order valence-electron chi connectivity index (χ3n) is 4.82. The average Bonchev–Trinajstić information content (AvgIpc) is 2.72. The van der Waals surface area contributed by atoms with E-state index >= 15 is 0 Å². The van der Waals surface area contributed by atoms with E-state index in [4.69, 9.17) is 11.6 Å². The number of carbonyl (C=O) groups excluding carboxylic acids is 2. The van der Waals surface area contributed by atoms with E-state index in [0.29, 0.717) is 23.1 Å². The molecule has 4 nitrogen and oxygen atoms in total. The van der Waals surface area contributed by atoms with Crippen LogP contribution in [0.4, 0.5) is 0 Å². The molecule has 30 heavy (non-hydrogen) atoms. The number of carbonyl (C=O) groups is 2. The third-order valence-corrected chi connectivity index (χ3v) is 6.55. The second-order valence-electron chi connectivity index (χ2n) is 7.26. The van der Waals surface area contributed by atoms with Crippen molar-refractivity contribution in [3.63, 3.8) is 0 Å². The minimum absolute atomic E-state index is 0.0549. The maximum Gasteiger partial charge on any atom is 0.242 e. The van der Waals surface area contributed by atoms with E-state index in [-0.39, 0.29) is 17.9 Å². The topological polar surface area (TPSA) is 49.4 Å². The summed E-state index contributed by atoms with van der Waals surface area (Å²) < 4.78 is 0.946. The van der Waals surface area contributed by atoms with Crippen LogP contribution in [0.3, 0.4) is 0 Å². The fraction of sp³-hybridized carbons (Fsp3) is 0.391. The van der Waals surface area contributed by atoms with Gasteiger partial charge < -0.3 is 10.2 Å². The molecule has 1 N–H and O–H groups in total. The first kappa shape index (κ1) is 24.8. The fourth-order valence-electron chi connectivity index (χ4n) is 2.80. The van der Waals surface area contributed by atoms with Gasteiger partial charge >= 0.3 is 0 Å². The highest BCUT2D eigenvalue weighted by Gasteiger charge is 2.26. The van der Waals surface area contributed by atoms with Gasteiger partial charge in [-0.1, -0.05) is 58.7 Å². The minimum Gasteiger partial charge on any atom is -0.352 e. The highest BCUT2D eigenvalue weighted by molar-refractivity contribution is 9.10. The largest absolute Gasteiger partial charge is 0.352 e. The molecule has 0 saturated carbocycles. The van der Waals surface area contributed by atoms with Gasteiger partial charge in [-0.05, 0) is 55.7 Å². The molecule has 0 aliphatic carbocycles. The lowest BCUT2D eigenvalue weighted by Gasteiger charge is -2.29. The lowest BCUT2D eigenvalue weighted by atomic mass is 10.1. The van der Waals surface area contributed by atoms with Crippen molar-refractivity contribution in [3.8, 4) is 0 Å². The summed E-state index contributed by atoms with van der Waals surface area (Å²) in [6, 6.07) is 14.9. The van der Waals surface area contributed by atoms with Gasteiger partial charge in [-0.3, -0.25) is 9.59 Å². The molecule has 0 heterocycles. The number of benzene rings is 2. The predicted octanol–water partition coefficient (Wildman–Crippen LogP) is 5.67. The van der Waals surface area contributed by atoms with Crippen molar-refractivity contribution in [1.82, 2.24) is 10.2 Å². The molecule has 0 spiro atoms. The molecule has 2 aromatic carbocycles. The highest BCUT2D eigenvalue weighted by Crippen LogP contribution is 2.19. The van der Waals surface area contributed by atoms with E-state index in [0.717, 1.165) is 22.0 Å². The van der Waals surface area contributed by atoms with Crippen LogP contribution in [0.1, 0.15) is 38.3 Å². The quantitative estimate of drug-likeness (QED) is 0.447. The van der Waals surface area contributed by atoms with Crippen LogP contribution in [0.15, 0.2) is 53.0 Å². The lowest BCUT2D eigenvalue weighted by molar-refractivity contribution is -0.138. The van der Waals surface area contributed by atoms with Crippen LogP contribution in [0.2, 0.25) is 5.02 Å². The fourth-order valence-corrected chi connectivity index (χ4v) is 4.24. The highest BCUT2D eigenvalue weighted by atomic mass is 79.9. The summed E-state index contributed by atoms with van der Waals surface area (Å²) in [6.07, 6.45) is 0.842. The minimum atomic E-state index is -0.554. The maximum absolute atomic E-state index is 13.1. The Bertz CT molecular complexity index is 847. The Morgan fingerprint density at radius 1 is 1.13 bits per heavy atom. The van der Waals surface area contributed by atoms with Gasteiger partial charge in [0.25, 0.3) is 0 Å². The zero-order valence-electron chi connectivity index (χ0n) is 17.5. The molecule has 0 bridgehead atoms. The number of halogens is 2. The first-order valence-corrected chi connectivity index (χ1v) is 12.3. The van der Waals surface area contributed by atoms with Crippen molar-refractivity contribution < 1.29 is 9.59 Å². The SMILES string of the molecule is CC[C@H](C)NC(=O)[C@H](C)N(Cc1cccc(Br)c1)C(=O)CSCc1ccc(Cl)cc1. The molecule has 2 rings (SSSR count). The third kappa shape index (κ3) is 7.97. The second-order valence-corrected chi connectivity index (χ2v) is 9.60. The summed E-state index contributed by atoms with van der Waals surface area (Å²) in [4.78, 5) is 27.4. The predicted molar refractivity (Wildman–Crippen MR) is 130 cm³/mol.